The lowest BCUT2D eigenvalue weighted by Gasteiger charge is -2.36. The Morgan fingerprint density at radius 2 is 1.21 bits per heavy atom. The summed E-state index contributed by atoms with van der Waals surface area (Å²) in [5.41, 5.74) is 6.90. The predicted molar refractivity (Wildman–Crippen MR) is 143 cm³/mol. The average molecular weight is 445 g/mol. The van der Waals surface area contributed by atoms with Gasteiger partial charge in [-0.2, -0.15) is 0 Å². The van der Waals surface area contributed by atoms with Crippen molar-refractivity contribution < 1.29 is 0 Å². The fraction of sp³-hybridized carbons (Fsp3) is 0.167. The van der Waals surface area contributed by atoms with Crippen molar-refractivity contribution in [2.45, 2.75) is 6.54 Å². The first-order chi connectivity index (χ1) is 16.8. The first-order valence-corrected chi connectivity index (χ1v) is 12.0. The number of hydrogen-bond acceptors (Lipinski definition) is 4. The molecule has 0 saturated carbocycles. The van der Waals surface area contributed by atoms with Crippen molar-refractivity contribution in [1.82, 2.24) is 9.88 Å². The van der Waals surface area contributed by atoms with Gasteiger partial charge in [-0.3, -0.25) is 4.90 Å². The highest BCUT2D eigenvalue weighted by atomic mass is 15.3. The Balaban J connectivity index is 1.18. The second-order valence-corrected chi connectivity index (χ2v) is 8.94. The second kappa shape index (κ2) is 9.16. The van der Waals surface area contributed by atoms with Crippen LogP contribution >= 0.6 is 0 Å². The highest BCUT2D eigenvalue weighted by Gasteiger charge is 2.17. The summed E-state index contributed by atoms with van der Waals surface area (Å²) < 4.78 is 0. The van der Waals surface area contributed by atoms with E-state index in [0.29, 0.717) is 0 Å². The lowest BCUT2D eigenvalue weighted by Crippen LogP contribution is -2.45. The molecule has 1 aliphatic heterocycles. The summed E-state index contributed by atoms with van der Waals surface area (Å²) in [6.07, 6.45) is 0. The lowest BCUT2D eigenvalue weighted by molar-refractivity contribution is 0.250. The Morgan fingerprint density at radius 3 is 1.85 bits per heavy atom. The van der Waals surface area contributed by atoms with E-state index in [9.17, 15) is 0 Å². The van der Waals surface area contributed by atoms with Crippen molar-refractivity contribution in [3.63, 3.8) is 0 Å². The van der Waals surface area contributed by atoms with Gasteiger partial charge in [-0.25, -0.2) is 4.98 Å². The number of hydrogen-bond donors (Lipinski definition) is 1. The summed E-state index contributed by atoms with van der Waals surface area (Å²) in [5.74, 6) is 0. The minimum Gasteiger partial charge on any atom is -0.369 e. The predicted octanol–water partition coefficient (Wildman–Crippen LogP) is 6.45. The molecule has 5 aromatic rings. The minimum atomic E-state index is 1.01. The third kappa shape index (κ3) is 4.20. The topological polar surface area (TPSA) is 31.4 Å². The van der Waals surface area contributed by atoms with Crippen LogP contribution in [0.2, 0.25) is 0 Å². The van der Waals surface area contributed by atoms with E-state index in [1.54, 1.807) is 0 Å². The van der Waals surface area contributed by atoms with Gasteiger partial charge in [0.1, 0.15) is 0 Å². The number of rotatable bonds is 5. The molecule has 0 spiro atoms. The molecule has 4 heteroatoms. The Hall–Kier alpha value is -3.89. The molecule has 0 aliphatic carbocycles. The van der Waals surface area contributed by atoms with Crippen molar-refractivity contribution >= 4 is 38.9 Å². The minimum absolute atomic E-state index is 1.01. The van der Waals surface area contributed by atoms with Gasteiger partial charge < -0.3 is 10.2 Å². The Morgan fingerprint density at radius 1 is 0.618 bits per heavy atom. The van der Waals surface area contributed by atoms with Crippen molar-refractivity contribution in [1.29, 1.82) is 0 Å². The van der Waals surface area contributed by atoms with Crippen LogP contribution < -0.4 is 10.2 Å². The van der Waals surface area contributed by atoms with Crippen LogP contribution in [0.3, 0.4) is 0 Å². The highest BCUT2D eigenvalue weighted by Crippen LogP contribution is 2.33. The van der Waals surface area contributed by atoms with Gasteiger partial charge in [-0.1, -0.05) is 66.7 Å². The van der Waals surface area contributed by atoms with Gasteiger partial charge >= 0.3 is 0 Å². The number of aromatic nitrogens is 1. The molecular formula is C30H28N4. The van der Waals surface area contributed by atoms with Gasteiger partial charge in [0, 0.05) is 54.9 Å². The van der Waals surface area contributed by atoms with Gasteiger partial charge in [0.2, 0.25) is 0 Å². The summed E-state index contributed by atoms with van der Waals surface area (Å²) in [5, 5.41) is 5.97. The van der Waals surface area contributed by atoms with Crippen LogP contribution in [0.5, 0.6) is 0 Å². The van der Waals surface area contributed by atoms with E-state index in [1.165, 1.54) is 11.3 Å². The molecule has 4 aromatic carbocycles. The Labute approximate surface area is 200 Å². The van der Waals surface area contributed by atoms with Gasteiger partial charge in [-0.05, 0) is 42.0 Å². The van der Waals surface area contributed by atoms with Crippen LogP contribution in [0.25, 0.3) is 21.8 Å². The smallest absolute Gasteiger partial charge is 0.0730 e. The SMILES string of the molecule is c1ccc(CN2CCN(c3ccc(Nc4c5ccccc5nc5ccccc45)cc3)CC2)cc1. The van der Waals surface area contributed by atoms with E-state index in [1.807, 2.05) is 12.1 Å². The molecule has 1 fully saturated rings. The molecule has 0 bridgehead atoms. The number of nitrogens with zero attached hydrogens (tertiary/aromatic N) is 3. The molecule has 1 aromatic heterocycles. The van der Waals surface area contributed by atoms with E-state index >= 15 is 0 Å². The van der Waals surface area contributed by atoms with Crippen LogP contribution in [0, 0.1) is 0 Å². The van der Waals surface area contributed by atoms with Crippen molar-refractivity contribution in [2.75, 3.05) is 36.4 Å². The molecule has 1 saturated heterocycles. The second-order valence-electron chi connectivity index (χ2n) is 8.94. The summed E-state index contributed by atoms with van der Waals surface area (Å²) in [6, 6.07) is 36.3. The largest absolute Gasteiger partial charge is 0.369 e. The Kier molecular flexibility index (Phi) is 5.58. The fourth-order valence-corrected chi connectivity index (χ4v) is 4.88. The molecule has 6 rings (SSSR count). The molecule has 0 unspecified atom stereocenters. The highest BCUT2D eigenvalue weighted by molar-refractivity contribution is 6.08. The van der Waals surface area contributed by atoms with Gasteiger partial charge in [0.15, 0.2) is 0 Å². The standard InChI is InChI=1S/C30H28N4/c1-2-8-23(9-3-1)22-33-18-20-34(21-19-33)25-16-14-24(15-17-25)31-30-26-10-4-6-12-28(26)32-29-13-7-5-11-27(29)30/h1-17H,18-22H2,(H,31,32). The third-order valence-electron chi connectivity index (χ3n) is 6.71. The zero-order valence-electron chi connectivity index (χ0n) is 19.2. The first-order valence-electron chi connectivity index (χ1n) is 12.0. The normalized spacial score (nSPS) is 14.5. The monoisotopic (exact) mass is 444 g/mol. The lowest BCUT2D eigenvalue weighted by atomic mass is 10.1. The average Bonchev–Trinajstić information content (AvgIpc) is 2.90. The van der Waals surface area contributed by atoms with Gasteiger partial charge in [-0.15, -0.1) is 0 Å². The van der Waals surface area contributed by atoms with E-state index in [4.69, 9.17) is 4.98 Å². The van der Waals surface area contributed by atoms with Crippen molar-refractivity contribution in [3.8, 4) is 0 Å². The van der Waals surface area contributed by atoms with E-state index < -0.39 is 0 Å². The van der Waals surface area contributed by atoms with Gasteiger partial charge in [0.25, 0.3) is 0 Å². The van der Waals surface area contributed by atoms with Gasteiger partial charge in [0.05, 0.1) is 16.7 Å². The molecule has 0 atom stereocenters. The van der Waals surface area contributed by atoms with E-state index in [2.05, 4.69) is 106 Å². The maximum atomic E-state index is 4.84. The fourth-order valence-electron chi connectivity index (χ4n) is 4.88. The number of fused-ring (bicyclic) bond motifs is 2. The van der Waals surface area contributed by atoms with Crippen LogP contribution in [0.4, 0.5) is 17.1 Å². The summed E-state index contributed by atoms with van der Waals surface area (Å²) in [7, 11) is 0. The number of benzene rings is 4. The van der Waals surface area contributed by atoms with Crippen molar-refractivity contribution in [2.24, 2.45) is 0 Å². The number of piperazine rings is 1. The number of para-hydroxylation sites is 2. The summed E-state index contributed by atoms with van der Waals surface area (Å²) >= 11 is 0. The number of anilines is 3. The molecule has 0 amide bonds. The summed E-state index contributed by atoms with van der Waals surface area (Å²) in [6.45, 7) is 5.32. The van der Waals surface area contributed by atoms with Crippen LogP contribution in [-0.4, -0.2) is 36.1 Å². The third-order valence-corrected chi connectivity index (χ3v) is 6.71. The molecule has 0 radical (unpaired) electrons. The molecule has 2 heterocycles. The van der Waals surface area contributed by atoms with Crippen LogP contribution in [-0.2, 0) is 6.54 Å². The van der Waals surface area contributed by atoms with E-state index in [0.717, 1.165) is 65.9 Å². The molecule has 4 nitrogen and oxygen atoms in total. The number of nitrogens with one attached hydrogen (secondary N) is 1. The maximum absolute atomic E-state index is 4.84. The first kappa shape index (κ1) is 20.7. The molecule has 1 N–H and O–H groups in total. The zero-order valence-corrected chi connectivity index (χ0v) is 19.2. The van der Waals surface area contributed by atoms with Crippen LogP contribution in [0.1, 0.15) is 5.56 Å². The van der Waals surface area contributed by atoms with E-state index in [-0.39, 0.29) is 0 Å². The summed E-state index contributed by atoms with van der Waals surface area (Å²) in [4.78, 5) is 9.87. The molecule has 1 aliphatic rings. The maximum Gasteiger partial charge on any atom is 0.0730 e. The molecular weight excluding hydrogens is 416 g/mol. The van der Waals surface area contributed by atoms with Crippen molar-refractivity contribution in [3.05, 3.63) is 109 Å². The van der Waals surface area contributed by atoms with Crippen LogP contribution in [0.15, 0.2) is 103 Å². The number of pyridine rings is 1. The molecule has 168 valence electrons. The Bertz CT molecular complexity index is 1350. The quantitative estimate of drug-likeness (QED) is 0.316. The zero-order chi connectivity index (χ0) is 22.7. The molecule has 34 heavy (non-hydrogen) atoms.